The van der Waals surface area contributed by atoms with Crippen LogP contribution in [0.25, 0.3) is 21.3 Å². The zero-order valence-corrected chi connectivity index (χ0v) is 16.9. The van der Waals surface area contributed by atoms with Crippen molar-refractivity contribution in [3.63, 3.8) is 0 Å². The second-order valence-corrected chi connectivity index (χ2v) is 7.44. The van der Waals surface area contributed by atoms with Crippen LogP contribution in [0.2, 0.25) is 0 Å². The molecule has 0 saturated heterocycles. The minimum Gasteiger partial charge on any atom is -0.383 e. The molecule has 0 saturated carbocycles. The molecule has 2 aromatic heterocycles. The van der Waals surface area contributed by atoms with E-state index < -0.39 is 0 Å². The standard InChI is InChI=1S/C21H21N5O2S/c1-28-10-9-26-13-24-25-20(26)7-8-22-21(27)17-4-2-3-15(11-17)16-5-6-19-18(12-16)23-14-29-19/h2-6,11-14H,7-10H2,1H3,(H,22,27). The number of fused-ring (bicyclic) bond motifs is 1. The molecule has 4 aromatic rings. The van der Waals surface area contributed by atoms with Gasteiger partial charge in [-0.25, -0.2) is 4.98 Å². The van der Waals surface area contributed by atoms with E-state index in [-0.39, 0.29) is 5.91 Å². The number of thiazole rings is 1. The molecule has 4 rings (SSSR count). The number of benzene rings is 2. The Hall–Kier alpha value is -3.10. The first-order valence-corrected chi connectivity index (χ1v) is 10.2. The summed E-state index contributed by atoms with van der Waals surface area (Å²) >= 11 is 1.62. The second-order valence-electron chi connectivity index (χ2n) is 6.55. The normalized spacial score (nSPS) is 11.1. The van der Waals surface area contributed by atoms with Gasteiger partial charge in [-0.1, -0.05) is 18.2 Å². The summed E-state index contributed by atoms with van der Waals surface area (Å²) in [4.78, 5) is 17.0. The zero-order chi connectivity index (χ0) is 20.1. The van der Waals surface area contributed by atoms with E-state index >= 15 is 0 Å². The maximum Gasteiger partial charge on any atom is 0.251 e. The van der Waals surface area contributed by atoms with Crippen LogP contribution in [0.15, 0.2) is 54.3 Å². The van der Waals surface area contributed by atoms with Gasteiger partial charge in [0.25, 0.3) is 5.91 Å². The summed E-state index contributed by atoms with van der Waals surface area (Å²) in [7, 11) is 1.66. The highest BCUT2D eigenvalue weighted by atomic mass is 32.1. The molecule has 0 spiro atoms. The van der Waals surface area contributed by atoms with Gasteiger partial charge in [-0.05, 0) is 35.4 Å². The fourth-order valence-electron chi connectivity index (χ4n) is 3.12. The lowest BCUT2D eigenvalue weighted by atomic mass is 10.0. The number of ether oxygens (including phenoxy) is 1. The molecule has 0 radical (unpaired) electrons. The van der Waals surface area contributed by atoms with Crippen molar-refractivity contribution >= 4 is 27.5 Å². The van der Waals surface area contributed by atoms with Gasteiger partial charge in [0.05, 0.1) is 22.3 Å². The minimum absolute atomic E-state index is 0.107. The molecule has 1 amide bonds. The molecule has 0 atom stereocenters. The number of hydrogen-bond acceptors (Lipinski definition) is 6. The molecule has 2 aromatic carbocycles. The van der Waals surface area contributed by atoms with Gasteiger partial charge in [0.15, 0.2) is 0 Å². The fraction of sp³-hybridized carbons (Fsp3) is 0.238. The Morgan fingerprint density at radius 3 is 3.00 bits per heavy atom. The first-order chi connectivity index (χ1) is 14.2. The number of rotatable bonds is 8. The maximum absolute atomic E-state index is 12.6. The Morgan fingerprint density at radius 1 is 1.21 bits per heavy atom. The Labute approximate surface area is 172 Å². The number of carbonyl (C=O) groups excluding carboxylic acids is 1. The van der Waals surface area contributed by atoms with E-state index in [0.29, 0.717) is 31.7 Å². The highest BCUT2D eigenvalue weighted by Crippen LogP contribution is 2.26. The number of nitrogens with one attached hydrogen (secondary N) is 1. The summed E-state index contributed by atoms with van der Waals surface area (Å²) in [6, 6.07) is 13.8. The third-order valence-corrected chi connectivity index (χ3v) is 5.46. The molecule has 0 aliphatic rings. The number of hydrogen-bond donors (Lipinski definition) is 1. The van der Waals surface area contributed by atoms with E-state index in [1.54, 1.807) is 24.8 Å². The third kappa shape index (κ3) is 4.49. The van der Waals surface area contributed by atoms with Crippen molar-refractivity contribution in [2.45, 2.75) is 13.0 Å². The quantitative estimate of drug-likeness (QED) is 0.485. The largest absolute Gasteiger partial charge is 0.383 e. The molecule has 0 aliphatic carbocycles. The van der Waals surface area contributed by atoms with Crippen LogP contribution < -0.4 is 5.32 Å². The monoisotopic (exact) mass is 407 g/mol. The van der Waals surface area contributed by atoms with Crippen LogP contribution in [-0.4, -0.2) is 45.9 Å². The number of carbonyl (C=O) groups is 1. The van der Waals surface area contributed by atoms with Gasteiger partial charge in [0, 0.05) is 32.2 Å². The lowest BCUT2D eigenvalue weighted by Gasteiger charge is -2.08. The molecular weight excluding hydrogens is 386 g/mol. The van der Waals surface area contributed by atoms with E-state index in [2.05, 4.69) is 38.7 Å². The molecule has 0 bridgehead atoms. The topological polar surface area (TPSA) is 81.9 Å². The SMILES string of the molecule is COCCn1cnnc1CCNC(=O)c1cccc(-c2ccc3scnc3c2)c1. The molecule has 0 fully saturated rings. The highest BCUT2D eigenvalue weighted by Gasteiger charge is 2.09. The van der Waals surface area contributed by atoms with Crippen molar-refractivity contribution in [1.29, 1.82) is 0 Å². The summed E-state index contributed by atoms with van der Waals surface area (Å²) in [5.41, 5.74) is 5.48. The summed E-state index contributed by atoms with van der Waals surface area (Å²) in [6.45, 7) is 1.77. The number of nitrogens with zero attached hydrogens (tertiary/aromatic N) is 4. The van der Waals surface area contributed by atoms with Gasteiger partial charge in [0.2, 0.25) is 0 Å². The molecule has 29 heavy (non-hydrogen) atoms. The van der Waals surface area contributed by atoms with Crippen LogP contribution in [0.4, 0.5) is 0 Å². The molecule has 148 valence electrons. The molecule has 0 aliphatic heterocycles. The van der Waals surface area contributed by atoms with E-state index in [1.807, 2.05) is 34.3 Å². The van der Waals surface area contributed by atoms with Gasteiger partial charge in [-0.15, -0.1) is 21.5 Å². The molecule has 0 unspecified atom stereocenters. The van der Waals surface area contributed by atoms with Crippen LogP contribution >= 0.6 is 11.3 Å². The third-order valence-electron chi connectivity index (χ3n) is 4.65. The molecule has 1 N–H and O–H groups in total. The van der Waals surface area contributed by atoms with Crippen LogP contribution in [0.1, 0.15) is 16.2 Å². The predicted octanol–water partition coefficient (Wildman–Crippen LogP) is 3.17. The summed E-state index contributed by atoms with van der Waals surface area (Å²) in [6.07, 6.45) is 2.29. The number of methoxy groups -OCH3 is 1. The average molecular weight is 407 g/mol. The van der Waals surface area contributed by atoms with Crippen LogP contribution in [-0.2, 0) is 17.7 Å². The first-order valence-electron chi connectivity index (χ1n) is 9.32. The van der Waals surface area contributed by atoms with Gasteiger partial charge >= 0.3 is 0 Å². The summed E-state index contributed by atoms with van der Waals surface area (Å²) < 4.78 is 8.18. The Kier molecular flexibility index (Phi) is 5.92. The van der Waals surface area contributed by atoms with E-state index in [1.165, 1.54) is 0 Å². The highest BCUT2D eigenvalue weighted by molar-refractivity contribution is 7.16. The summed E-state index contributed by atoms with van der Waals surface area (Å²) in [5.74, 6) is 0.720. The van der Waals surface area contributed by atoms with Crippen LogP contribution in [0.3, 0.4) is 0 Å². The predicted molar refractivity (Wildman–Crippen MR) is 113 cm³/mol. The molecular formula is C21H21N5O2S. The summed E-state index contributed by atoms with van der Waals surface area (Å²) in [5, 5.41) is 11.0. The van der Waals surface area contributed by atoms with Crippen molar-refractivity contribution in [3.05, 3.63) is 65.7 Å². The van der Waals surface area contributed by atoms with Crippen molar-refractivity contribution in [3.8, 4) is 11.1 Å². The smallest absolute Gasteiger partial charge is 0.251 e. The van der Waals surface area contributed by atoms with Gasteiger partial charge in [-0.3, -0.25) is 4.79 Å². The van der Waals surface area contributed by atoms with Crippen molar-refractivity contribution in [1.82, 2.24) is 25.1 Å². The van der Waals surface area contributed by atoms with E-state index in [4.69, 9.17) is 4.74 Å². The molecule has 7 nitrogen and oxygen atoms in total. The van der Waals surface area contributed by atoms with Crippen molar-refractivity contribution < 1.29 is 9.53 Å². The second kappa shape index (κ2) is 8.93. The van der Waals surface area contributed by atoms with Crippen LogP contribution in [0, 0.1) is 0 Å². The van der Waals surface area contributed by atoms with Crippen LogP contribution in [0.5, 0.6) is 0 Å². The average Bonchev–Trinajstić information content (AvgIpc) is 3.40. The lowest BCUT2D eigenvalue weighted by molar-refractivity contribution is 0.0954. The van der Waals surface area contributed by atoms with Gasteiger partial charge in [0.1, 0.15) is 12.2 Å². The van der Waals surface area contributed by atoms with E-state index in [0.717, 1.165) is 27.2 Å². The number of aromatic nitrogens is 4. The maximum atomic E-state index is 12.6. The van der Waals surface area contributed by atoms with Gasteiger partial charge < -0.3 is 14.6 Å². The fourth-order valence-corrected chi connectivity index (χ4v) is 3.78. The minimum atomic E-state index is -0.107. The van der Waals surface area contributed by atoms with Crippen molar-refractivity contribution in [2.24, 2.45) is 0 Å². The van der Waals surface area contributed by atoms with Crippen molar-refractivity contribution in [2.75, 3.05) is 20.3 Å². The van der Waals surface area contributed by atoms with E-state index in [9.17, 15) is 4.79 Å². The number of amides is 1. The Morgan fingerprint density at radius 2 is 2.10 bits per heavy atom. The Balaban J connectivity index is 1.40. The zero-order valence-electron chi connectivity index (χ0n) is 16.0. The molecule has 8 heteroatoms. The molecule has 2 heterocycles. The lowest BCUT2D eigenvalue weighted by Crippen LogP contribution is -2.26. The van der Waals surface area contributed by atoms with Gasteiger partial charge in [-0.2, -0.15) is 0 Å². The first kappa shape index (κ1) is 19.2. The Bertz CT molecular complexity index is 1120.